The van der Waals surface area contributed by atoms with Crippen LogP contribution in [0, 0.1) is 0 Å². The Kier molecular flexibility index (Phi) is 3.06. The molecule has 1 aromatic rings. The Morgan fingerprint density at radius 1 is 1.19 bits per heavy atom. The van der Waals surface area contributed by atoms with E-state index in [1.54, 1.807) is 0 Å². The number of halogens is 3. The molecule has 2 N–H and O–H groups in total. The van der Waals surface area contributed by atoms with Gasteiger partial charge in [0.1, 0.15) is 0 Å². The normalized spacial score (nSPS) is 22.1. The highest BCUT2D eigenvalue weighted by molar-refractivity contribution is 5.10. The summed E-state index contributed by atoms with van der Waals surface area (Å²) in [6, 6.07) is -0.0662. The average Bonchev–Trinajstić information content (AvgIpc) is 2.29. The Hall–Kier alpha value is -1.21. The number of nitrogens with zero attached hydrogens (tertiary/aromatic N) is 2. The van der Waals surface area contributed by atoms with Gasteiger partial charge in [0.25, 0.3) is 0 Å². The lowest BCUT2D eigenvalue weighted by Crippen LogP contribution is -2.43. The van der Waals surface area contributed by atoms with E-state index in [4.69, 9.17) is 0 Å². The van der Waals surface area contributed by atoms with Crippen molar-refractivity contribution in [1.29, 1.82) is 0 Å². The van der Waals surface area contributed by atoms with Crippen molar-refractivity contribution in [2.45, 2.75) is 12.2 Å². The van der Waals surface area contributed by atoms with Crippen LogP contribution in [0.4, 0.5) is 13.2 Å². The van der Waals surface area contributed by atoms with Gasteiger partial charge in [-0.1, -0.05) is 0 Å². The molecule has 1 fully saturated rings. The maximum Gasteiger partial charge on any atom is 0.434 e. The molecule has 7 heteroatoms. The lowest BCUT2D eigenvalue weighted by atomic mass is 10.2. The van der Waals surface area contributed by atoms with Crippen LogP contribution in [0.3, 0.4) is 0 Å². The SMILES string of the molecule is FC(F)(F)c1cnc(C2CNCCN2)cn1. The highest BCUT2D eigenvalue weighted by atomic mass is 19.4. The summed E-state index contributed by atoms with van der Waals surface area (Å²) in [5.41, 5.74) is -0.430. The van der Waals surface area contributed by atoms with Crippen molar-refractivity contribution in [2.24, 2.45) is 0 Å². The van der Waals surface area contributed by atoms with Crippen molar-refractivity contribution in [3.63, 3.8) is 0 Å². The van der Waals surface area contributed by atoms with Gasteiger partial charge in [-0.2, -0.15) is 13.2 Å². The Bertz CT molecular complexity index is 343. The van der Waals surface area contributed by atoms with Crippen molar-refractivity contribution in [2.75, 3.05) is 19.6 Å². The molecule has 1 atom stereocenters. The first-order chi connectivity index (χ1) is 7.57. The summed E-state index contributed by atoms with van der Waals surface area (Å²) in [5, 5.41) is 6.27. The first-order valence-corrected chi connectivity index (χ1v) is 4.90. The van der Waals surface area contributed by atoms with Crippen LogP contribution >= 0.6 is 0 Å². The van der Waals surface area contributed by atoms with E-state index in [0.29, 0.717) is 12.2 Å². The Balaban J connectivity index is 2.12. The van der Waals surface area contributed by atoms with Crippen LogP contribution in [0.15, 0.2) is 12.4 Å². The zero-order valence-corrected chi connectivity index (χ0v) is 8.38. The lowest BCUT2D eigenvalue weighted by molar-refractivity contribution is -0.141. The molecule has 2 rings (SSSR count). The average molecular weight is 232 g/mol. The second-order valence-electron chi connectivity index (χ2n) is 3.54. The molecule has 4 nitrogen and oxygen atoms in total. The molecule has 0 bridgehead atoms. The minimum atomic E-state index is -4.43. The fourth-order valence-corrected chi connectivity index (χ4v) is 1.53. The molecule has 2 heterocycles. The summed E-state index contributed by atoms with van der Waals surface area (Å²) >= 11 is 0. The van der Waals surface area contributed by atoms with Gasteiger partial charge in [0, 0.05) is 19.6 Å². The van der Waals surface area contributed by atoms with E-state index >= 15 is 0 Å². The van der Waals surface area contributed by atoms with Crippen LogP contribution in [0.1, 0.15) is 17.4 Å². The second kappa shape index (κ2) is 4.34. The number of rotatable bonds is 1. The molecule has 1 aromatic heterocycles. The molecule has 1 saturated heterocycles. The molecule has 0 aromatic carbocycles. The van der Waals surface area contributed by atoms with Crippen LogP contribution in [0.2, 0.25) is 0 Å². The van der Waals surface area contributed by atoms with Gasteiger partial charge < -0.3 is 10.6 Å². The summed E-state index contributed by atoms with van der Waals surface area (Å²) < 4.78 is 36.7. The van der Waals surface area contributed by atoms with Gasteiger partial charge in [-0.25, -0.2) is 4.98 Å². The van der Waals surface area contributed by atoms with Crippen molar-refractivity contribution >= 4 is 0 Å². The number of alkyl halides is 3. The minimum absolute atomic E-state index is 0.0662. The summed E-state index contributed by atoms with van der Waals surface area (Å²) in [7, 11) is 0. The number of hydrogen-bond donors (Lipinski definition) is 2. The third-order valence-electron chi connectivity index (χ3n) is 2.36. The molecule has 1 aliphatic rings. The van der Waals surface area contributed by atoms with E-state index in [1.807, 2.05) is 0 Å². The zero-order valence-electron chi connectivity index (χ0n) is 8.38. The van der Waals surface area contributed by atoms with Gasteiger partial charge in [0.05, 0.1) is 24.1 Å². The maximum absolute atomic E-state index is 12.2. The number of hydrogen-bond acceptors (Lipinski definition) is 4. The molecule has 0 radical (unpaired) electrons. The van der Waals surface area contributed by atoms with Gasteiger partial charge in [-0.3, -0.25) is 4.98 Å². The zero-order chi connectivity index (χ0) is 11.6. The van der Waals surface area contributed by atoms with Crippen molar-refractivity contribution in [1.82, 2.24) is 20.6 Å². The third kappa shape index (κ3) is 2.48. The van der Waals surface area contributed by atoms with Gasteiger partial charge in [0.15, 0.2) is 5.69 Å². The Morgan fingerprint density at radius 2 is 2.00 bits per heavy atom. The first kappa shape index (κ1) is 11.3. The molecule has 88 valence electrons. The molecular weight excluding hydrogens is 221 g/mol. The molecule has 1 aliphatic heterocycles. The van der Waals surface area contributed by atoms with E-state index in [-0.39, 0.29) is 6.04 Å². The van der Waals surface area contributed by atoms with E-state index in [2.05, 4.69) is 20.6 Å². The van der Waals surface area contributed by atoms with Gasteiger partial charge >= 0.3 is 6.18 Å². The summed E-state index contributed by atoms with van der Waals surface area (Å²) in [5.74, 6) is 0. The second-order valence-corrected chi connectivity index (χ2v) is 3.54. The number of piperazine rings is 1. The molecule has 16 heavy (non-hydrogen) atoms. The molecule has 0 amide bonds. The van der Waals surface area contributed by atoms with Crippen LogP contribution in [0.25, 0.3) is 0 Å². The van der Waals surface area contributed by atoms with Crippen LogP contribution in [-0.4, -0.2) is 29.6 Å². The van der Waals surface area contributed by atoms with Gasteiger partial charge in [0.2, 0.25) is 0 Å². The van der Waals surface area contributed by atoms with Crippen molar-refractivity contribution < 1.29 is 13.2 Å². The van der Waals surface area contributed by atoms with Crippen LogP contribution in [-0.2, 0) is 6.18 Å². The summed E-state index contributed by atoms with van der Waals surface area (Å²) in [6.07, 6.45) is -2.48. The van der Waals surface area contributed by atoms with E-state index in [9.17, 15) is 13.2 Å². The highest BCUT2D eigenvalue weighted by Gasteiger charge is 2.33. The lowest BCUT2D eigenvalue weighted by Gasteiger charge is -2.23. The number of nitrogens with one attached hydrogen (secondary N) is 2. The predicted octanol–water partition coefficient (Wildman–Crippen LogP) is 0.729. The molecule has 0 saturated carbocycles. The Morgan fingerprint density at radius 3 is 2.50 bits per heavy atom. The first-order valence-electron chi connectivity index (χ1n) is 4.90. The minimum Gasteiger partial charge on any atom is -0.314 e. The predicted molar refractivity (Wildman–Crippen MR) is 50.6 cm³/mol. The van der Waals surface area contributed by atoms with Crippen molar-refractivity contribution in [3.8, 4) is 0 Å². The molecule has 0 aliphatic carbocycles. The summed E-state index contributed by atoms with van der Waals surface area (Å²) in [4.78, 5) is 7.15. The highest BCUT2D eigenvalue weighted by Crippen LogP contribution is 2.26. The van der Waals surface area contributed by atoms with Crippen LogP contribution in [0.5, 0.6) is 0 Å². The van der Waals surface area contributed by atoms with E-state index in [0.717, 1.165) is 19.3 Å². The molecule has 0 spiro atoms. The smallest absolute Gasteiger partial charge is 0.314 e. The largest absolute Gasteiger partial charge is 0.434 e. The Labute approximate surface area is 90.3 Å². The summed E-state index contributed by atoms with van der Waals surface area (Å²) in [6.45, 7) is 2.28. The van der Waals surface area contributed by atoms with Gasteiger partial charge in [-0.15, -0.1) is 0 Å². The quantitative estimate of drug-likeness (QED) is 0.749. The molecule has 1 unspecified atom stereocenters. The van der Waals surface area contributed by atoms with Crippen LogP contribution < -0.4 is 10.6 Å². The topological polar surface area (TPSA) is 49.8 Å². The monoisotopic (exact) mass is 232 g/mol. The van der Waals surface area contributed by atoms with E-state index < -0.39 is 11.9 Å². The van der Waals surface area contributed by atoms with Crippen molar-refractivity contribution in [3.05, 3.63) is 23.8 Å². The number of aromatic nitrogens is 2. The fourth-order valence-electron chi connectivity index (χ4n) is 1.53. The van der Waals surface area contributed by atoms with Gasteiger partial charge in [-0.05, 0) is 0 Å². The standard InChI is InChI=1S/C9H11F3N4/c10-9(11,12)8-5-15-7(4-16-8)6-3-13-1-2-14-6/h4-6,13-14H,1-3H2. The fraction of sp³-hybridized carbons (Fsp3) is 0.556. The molecular formula is C9H11F3N4. The maximum atomic E-state index is 12.2. The third-order valence-corrected chi connectivity index (χ3v) is 2.36. The van der Waals surface area contributed by atoms with E-state index in [1.165, 1.54) is 6.20 Å².